The summed E-state index contributed by atoms with van der Waals surface area (Å²) in [5.41, 5.74) is 0. The Balaban J connectivity index is 2.46. The van der Waals surface area contributed by atoms with Crippen molar-refractivity contribution in [3.63, 3.8) is 0 Å². The van der Waals surface area contributed by atoms with Crippen molar-refractivity contribution >= 4 is 5.91 Å². The molecule has 0 saturated heterocycles. The monoisotopic (exact) mass is 222 g/mol. The smallest absolute Gasteiger partial charge is 0.237 e. The van der Waals surface area contributed by atoms with Crippen molar-refractivity contribution in [1.29, 1.82) is 5.26 Å². The molecule has 0 radical (unpaired) electrons. The number of amides is 1. The summed E-state index contributed by atoms with van der Waals surface area (Å²) in [5.74, 6) is 0.0805. The van der Waals surface area contributed by atoms with Crippen LogP contribution in [-0.2, 0) is 4.79 Å². The van der Waals surface area contributed by atoms with Crippen LogP contribution in [0.2, 0.25) is 0 Å². The van der Waals surface area contributed by atoms with Gasteiger partial charge in [-0.3, -0.25) is 4.79 Å². The molecular formula is C13H22N2O. The van der Waals surface area contributed by atoms with Crippen LogP contribution in [0.5, 0.6) is 0 Å². The number of rotatable bonds is 4. The molecule has 2 unspecified atom stereocenters. The zero-order chi connectivity index (χ0) is 12.1. The zero-order valence-corrected chi connectivity index (χ0v) is 10.5. The average Bonchev–Trinajstić information content (AvgIpc) is 2.70. The summed E-state index contributed by atoms with van der Waals surface area (Å²) in [4.78, 5) is 11.8. The molecule has 0 spiro atoms. The molecule has 0 bridgehead atoms. The number of carbonyl (C=O) groups is 1. The standard InChI is InChI=1S/C13H22N2O/c1-9(2)12(8-14)13(16)15-10(3)11-6-4-5-7-11/h9-12H,4-7H2,1-3H3,(H,15,16). The highest BCUT2D eigenvalue weighted by molar-refractivity contribution is 5.81. The molecule has 90 valence electrons. The van der Waals surface area contributed by atoms with E-state index in [2.05, 4.69) is 18.3 Å². The van der Waals surface area contributed by atoms with Gasteiger partial charge in [0, 0.05) is 6.04 Å². The zero-order valence-electron chi connectivity index (χ0n) is 10.5. The molecule has 1 aliphatic rings. The molecule has 0 heterocycles. The molecule has 0 aromatic rings. The molecule has 0 aliphatic heterocycles. The minimum absolute atomic E-state index is 0.0841. The summed E-state index contributed by atoms with van der Waals surface area (Å²) in [6, 6.07) is 2.30. The Kier molecular flexibility index (Phi) is 4.79. The molecule has 3 heteroatoms. The topological polar surface area (TPSA) is 52.9 Å². The second kappa shape index (κ2) is 5.89. The maximum absolute atomic E-state index is 11.8. The van der Waals surface area contributed by atoms with E-state index in [1.807, 2.05) is 13.8 Å². The van der Waals surface area contributed by atoms with E-state index in [-0.39, 0.29) is 17.9 Å². The lowest BCUT2D eigenvalue weighted by Crippen LogP contribution is -2.41. The van der Waals surface area contributed by atoms with Gasteiger partial charge in [-0.25, -0.2) is 0 Å². The lowest BCUT2D eigenvalue weighted by atomic mass is 9.94. The second-order valence-corrected chi connectivity index (χ2v) is 5.19. The van der Waals surface area contributed by atoms with Crippen molar-refractivity contribution in [1.82, 2.24) is 5.32 Å². The van der Waals surface area contributed by atoms with Crippen molar-refractivity contribution in [2.24, 2.45) is 17.8 Å². The van der Waals surface area contributed by atoms with Gasteiger partial charge in [-0.2, -0.15) is 5.26 Å². The van der Waals surface area contributed by atoms with Crippen molar-refractivity contribution in [2.75, 3.05) is 0 Å². The summed E-state index contributed by atoms with van der Waals surface area (Å²) in [7, 11) is 0. The van der Waals surface area contributed by atoms with Crippen LogP contribution in [0.15, 0.2) is 0 Å². The van der Waals surface area contributed by atoms with Gasteiger partial charge >= 0.3 is 0 Å². The van der Waals surface area contributed by atoms with Crippen LogP contribution in [0.3, 0.4) is 0 Å². The Morgan fingerprint density at radius 2 is 1.88 bits per heavy atom. The third-order valence-electron chi connectivity index (χ3n) is 3.57. The lowest BCUT2D eigenvalue weighted by molar-refractivity contribution is -0.125. The minimum Gasteiger partial charge on any atom is -0.352 e. The minimum atomic E-state index is -0.510. The largest absolute Gasteiger partial charge is 0.352 e. The van der Waals surface area contributed by atoms with E-state index in [0.29, 0.717) is 5.92 Å². The Morgan fingerprint density at radius 1 is 1.31 bits per heavy atom. The van der Waals surface area contributed by atoms with E-state index in [0.717, 1.165) is 0 Å². The number of nitrogens with one attached hydrogen (secondary N) is 1. The van der Waals surface area contributed by atoms with Gasteiger partial charge in [-0.05, 0) is 31.6 Å². The summed E-state index contributed by atoms with van der Waals surface area (Å²) in [5, 5.41) is 11.9. The van der Waals surface area contributed by atoms with E-state index in [1.165, 1.54) is 25.7 Å². The third kappa shape index (κ3) is 3.23. The lowest BCUT2D eigenvalue weighted by Gasteiger charge is -2.22. The molecule has 3 nitrogen and oxygen atoms in total. The molecule has 1 amide bonds. The van der Waals surface area contributed by atoms with Gasteiger partial charge in [0.05, 0.1) is 6.07 Å². The van der Waals surface area contributed by atoms with E-state index in [1.54, 1.807) is 0 Å². The maximum atomic E-state index is 11.8. The van der Waals surface area contributed by atoms with Gasteiger partial charge in [0.15, 0.2) is 0 Å². The predicted molar refractivity (Wildman–Crippen MR) is 63.5 cm³/mol. The molecule has 0 aromatic carbocycles. The Hall–Kier alpha value is -1.04. The summed E-state index contributed by atoms with van der Waals surface area (Å²) >= 11 is 0. The van der Waals surface area contributed by atoms with Crippen molar-refractivity contribution in [3.05, 3.63) is 0 Å². The number of carbonyl (C=O) groups excluding carboxylic acids is 1. The van der Waals surface area contributed by atoms with E-state index in [4.69, 9.17) is 5.26 Å². The molecule has 16 heavy (non-hydrogen) atoms. The first-order valence-corrected chi connectivity index (χ1v) is 6.26. The molecule has 1 saturated carbocycles. The van der Waals surface area contributed by atoms with E-state index >= 15 is 0 Å². The van der Waals surface area contributed by atoms with Gasteiger partial charge in [0.2, 0.25) is 5.91 Å². The van der Waals surface area contributed by atoms with Crippen LogP contribution < -0.4 is 5.32 Å². The van der Waals surface area contributed by atoms with E-state index in [9.17, 15) is 4.79 Å². The summed E-state index contributed by atoms with van der Waals surface area (Å²) < 4.78 is 0. The van der Waals surface area contributed by atoms with Gasteiger partial charge in [-0.15, -0.1) is 0 Å². The van der Waals surface area contributed by atoms with Crippen LogP contribution in [0.4, 0.5) is 0 Å². The number of nitriles is 1. The second-order valence-electron chi connectivity index (χ2n) is 5.19. The summed E-state index contributed by atoms with van der Waals surface area (Å²) in [6.07, 6.45) is 4.97. The van der Waals surface area contributed by atoms with Crippen molar-refractivity contribution < 1.29 is 4.79 Å². The first-order chi connectivity index (χ1) is 7.56. The maximum Gasteiger partial charge on any atom is 0.237 e. The fourth-order valence-electron chi connectivity index (χ4n) is 2.40. The number of hydrogen-bond acceptors (Lipinski definition) is 2. The SMILES string of the molecule is CC(C)C(C#N)C(=O)NC(C)C1CCCC1. The fourth-order valence-corrected chi connectivity index (χ4v) is 2.40. The first kappa shape index (κ1) is 13.0. The highest BCUT2D eigenvalue weighted by atomic mass is 16.1. The predicted octanol–water partition coefficient (Wildman–Crippen LogP) is 2.48. The van der Waals surface area contributed by atoms with Crippen molar-refractivity contribution in [3.8, 4) is 6.07 Å². The van der Waals surface area contributed by atoms with Crippen LogP contribution in [0.25, 0.3) is 0 Å². The molecular weight excluding hydrogens is 200 g/mol. The molecule has 1 N–H and O–H groups in total. The number of hydrogen-bond donors (Lipinski definition) is 1. The first-order valence-electron chi connectivity index (χ1n) is 6.26. The van der Waals surface area contributed by atoms with E-state index < -0.39 is 5.92 Å². The average molecular weight is 222 g/mol. The third-order valence-corrected chi connectivity index (χ3v) is 3.57. The number of nitrogens with zero attached hydrogens (tertiary/aromatic N) is 1. The van der Waals surface area contributed by atoms with Gasteiger partial charge < -0.3 is 5.32 Å². The normalized spacial score (nSPS) is 20.4. The van der Waals surface area contributed by atoms with Crippen LogP contribution in [0.1, 0.15) is 46.5 Å². The Bertz CT molecular complexity index is 274. The molecule has 1 rings (SSSR count). The van der Waals surface area contributed by atoms with Crippen LogP contribution in [-0.4, -0.2) is 11.9 Å². The Morgan fingerprint density at radius 3 is 2.31 bits per heavy atom. The highest BCUT2D eigenvalue weighted by Gasteiger charge is 2.27. The van der Waals surface area contributed by atoms with Crippen LogP contribution in [0, 0.1) is 29.1 Å². The molecule has 0 aromatic heterocycles. The quantitative estimate of drug-likeness (QED) is 0.794. The molecule has 2 atom stereocenters. The van der Waals surface area contributed by atoms with Gasteiger partial charge in [0.25, 0.3) is 0 Å². The van der Waals surface area contributed by atoms with Gasteiger partial charge in [0.1, 0.15) is 5.92 Å². The molecule has 1 aliphatic carbocycles. The van der Waals surface area contributed by atoms with Crippen LogP contribution >= 0.6 is 0 Å². The van der Waals surface area contributed by atoms with Crippen molar-refractivity contribution in [2.45, 2.75) is 52.5 Å². The molecule has 1 fully saturated rings. The Labute approximate surface area is 98.2 Å². The highest BCUT2D eigenvalue weighted by Crippen LogP contribution is 2.27. The van der Waals surface area contributed by atoms with Gasteiger partial charge in [-0.1, -0.05) is 26.7 Å². The summed E-state index contributed by atoms with van der Waals surface area (Å²) in [6.45, 7) is 5.88. The fraction of sp³-hybridized carbons (Fsp3) is 0.846.